The van der Waals surface area contributed by atoms with E-state index >= 15 is 0 Å². The standard InChI is InChI=1S/C20H26N2O4S/c1-14-5-8-17(9-6-14)22-27(24,25)18-10-7-15(2)19(13-18)20(23)21-16(3)11-12-26-4/h5-10,13,16,22H,11-12H2,1-4H3,(H,21,23). The van der Waals surface area contributed by atoms with Gasteiger partial charge >= 0.3 is 0 Å². The van der Waals surface area contributed by atoms with Gasteiger partial charge in [0.25, 0.3) is 15.9 Å². The first-order valence-corrected chi connectivity index (χ1v) is 10.2. The lowest BCUT2D eigenvalue weighted by Crippen LogP contribution is -2.33. The summed E-state index contributed by atoms with van der Waals surface area (Å²) in [4.78, 5) is 12.6. The van der Waals surface area contributed by atoms with Crippen molar-refractivity contribution in [1.82, 2.24) is 5.32 Å². The normalized spacial score (nSPS) is 12.4. The minimum atomic E-state index is -3.79. The van der Waals surface area contributed by atoms with Gasteiger partial charge in [-0.25, -0.2) is 8.42 Å². The molecule has 0 saturated carbocycles. The molecule has 1 amide bonds. The first-order chi connectivity index (χ1) is 12.7. The fourth-order valence-electron chi connectivity index (χ4n) is 2.52. The van der Waals surface area contributed by atoms with E-state index in [9.17, 15) is 13.2 Å². The Morgan fingerprint density at radius 3 is 2.41 bits per heavy atom. The van der Waals surface area contributed by atoms with Crippen LogP contribution in [0.15, 0.2) is 47.4 Å². The van der Waals surface area contributed by atoms with Crippen molar-refractivity contribution in [2.75, 3.05) is 18.4 Å². The molecule has 1 atom stereocenters. The summed E-state index contributed by atoms with van der Waals surface area (Å²) in [6.07, 6.45) is 0.675. The van der Waals surface area contributed by atoms with Crippen LogP contribution in [0, 0.1) is 13.8 Å². The van der Waals surface area contributed by atoms with Crippen LogP contribution in [0.5, 0.6) is 0 Å². The number of amides is 1. The van der Waals surface area contributed by atoms with E-state index in [1.54, 1.807) is 32.2 Å². The van der Waals surface area contributed by atoms with Crippen molar-refractivity contribution >= 4 is 21.6 Å². The van der Waals surface area contributed by atoms with E-state index in [2.05, 4.69) is 10.0 Å². The van der Waals surface area contributed by atoms with Crippen LogP contribution < -0.4 is 10.0 Å². The van der Waals surface area contributed by atoms with Crippen molar-refractivity contribution in [3.05, 3.63) is 59.2 Å². The van der Waals surface area contributed by atoms with Crippen LogP contribution in [-0.4, -0.2) is 34.1 Å². The Kier molecular flexibility index (Phi) is 6.98. The van der Waals surface area contributed by atoms with E-state index in [0.717, 1.165) is 5.56 Å². The minimum absolute atomic E-state index is 0.0448. The number of sulfonamides is 1. The molecule has 0 radical (unpaired) electrons. The minimum Gasteiger partial charge on any atom is -0.385 e. The Labute approximate surface area is 161 Å². The highest BCUT2D eigenvalue weighted by Crippen LogP contribution is 2.20. The summed E-state index contributed by atoms with van der Waals surface area (Å²) in [5.41, 5.74) is 2.56. The Morgan fingerprint density at radius 1 is 1.11 bits per heavy atom. The van der Waals surface area contributed by atoms with Gasteiger partial charge in [-0.2, -0.15) is 0 Å². The van der Waals surface area contributed by atoms with E-state index < -0.39 is 10.0 Å². The average Bonchev–Trinajstić information content (AvgIpc) is 2.61. The van der Waals surface area contributed by atoms with Gasteiger partial charge in [-0.15, -0.1) is 0 Å². The molecule has 0 spiro atoms. The molecule has 0 aliphatic carbocycles. The van der Waals surface area contributed by atoms with E-state index in [0.29, 0.717) is 29.8 Å². The van der Waals surface area contributed by atoms with Gasteiger partial charge in [0, 0.05) is 31.0 Å². The van der Waals surface area contributed by atoms with E-state index in [1.165, 1.54) is 12.1 Å². The molecule has 0 fully saturated rings. The predicted octanol–water partition coefficient (Wildman–Crippen LogP) is 3.26. The third-order valence-electron chi connectivity index (χ3n) is 4.20. The molecule has 0 heterocycles. The molecule has 146 valence electrons. The maximum Gasteiger partial charge on any atom is 0.261 e. The second kappa shape index (κ2) is 9.01. The molecule has 2 rings (SSSR count). The van der Waals surface area contributed by atoms with Crippen LogP contribution in [0.2, 0.25) is 0 Å². The van der Waals surface area contributed by atoms with E-state index in [4.69, 9.17) is 4.74 Å². The van der Waals surface area contributed by atoms with Crippen molar-refractivity contribution in [2.45, 2.75) is 38.1 Å². The summed E-state index contributed by atoms with van der Waals surface area (Å²) in [5.74, 6) is -0.302. The second-order valence-corrected chi connectivity index (χ2v) is 8.29. The number of anilines is 1. The highest BCUT2D eigenvalue weighted by Gasteiger charge is 2.19. The Morgan fingerprint density at radius 2 is 1.78 bits per heavy atom. The monoisotopic (exact) mass is 390 g/mol. The molecule has 2 N–H and O–H groups in total. The first-order valence-electron chi connectivity index (χ1n) is 8.73. The zero-order valence-electron chi connectivity index (χ0n) is 16.1. The predicted molar refractivity (Wildman–Crippen MR) is 107 cm³/mol. The average molecular weight is 391 g/mol. The lowest BCUT2D eigenvalue weighted by molar-refractivity contribution is 0.0928. The van der Waals surface area contributed by atoms with Crippen molar-refractivity contribution in [2.24, 2.45) is 0 Å². The maximum atomic E-state index is 12.7. The summed E-state index contributed by atoms with van der Waals surface area (Å²) in [5, 5.41) is 2.87. The molecule has 2 aromatic carbocycles. The van der Waals surface area contributed by atoms with Gasteiger partial charge < -0.3 is 10.1 Å². The van der Waals surface area contributed by atoms with Crippen LogP contribution in [0.3, 0.4) is 0 Å². The fourth-order valence-corrected chi connectivity index (χ4v) is 3.60. The molecule has 2 aromatic rings. The quantitative estimate of drug-likeness (QED) is 0.725. The zero-order chi connectivity index (χ0) is 20.0. The zero-order valence-corrected chi connectivity index (χ0v) is 16.9. The van der Waals surface area contributed by atoms with Gasteiger partial charge in [0.05, 0.1) is 4.90 Å². The van der Waals surface area contributed by atoms with Crippen molar-refractivity contribution < 1.29 is 17.9 Å². The molecular formula is C20H26N2O4S. The number of methoxy groups -OCH3 is 1. The van der Waals surface area contributed by atoms with Crippen molar-refractivity contribution in [3.8, 4) is 0 Å². The number of ether oxygens (including phenoxy) is 1. The number of carbonyl (C=O) groups is 1. The Bertz CT molecular complexity index is 893. The van der Waals surface area contributed by atoms with Crippen LogP contribution in [0.4, 0.5) is 5.69 Å². The Hall–Kier alpha value is -2.38. The summed E-state index contributed by atoms with van der Waals surface area (Å²) < 4.78 is 32.9. The number of nitrogens with one attached hydrogen (secondary N) is 2. The van der Waals surface area contributed by atoms with Gasteiger partial charge in [-0.05, 0) is 57.0 Å². The highest BCUT2D eigenvalue weighted by atomic mass is 32.2. The number of aryl methyl sites for hydroxylation is 2. The molecule has 6 nitrogen and oxygen atoms in total. The number of benzene rings is 2. The third kappa shape index (κ3) is 5.80. The SMILES string of the molecule is COCCC(C)NC(=O)c1cc(S(=O)(=O)Nc2ccc(C)cc2)ccc1C. The van der Waals surface area contributed by atoms with Gasteiger partial charge in [0.2, 0.25) is 0 Å². The molecule has 0 aromatic heterocycles. The van der Waals surface area contributed by atoms with Crippen LogP contribution in [0.1, 0.15) is 34.8 Å². The third-order valence-corrected chi connectivity index (χ3v) is 5.58. The van der Waals surface area contributed by atoms with Gasteiger partial charge in [-0.3, -0.25) is 9.52 Å². The van der Waals surface area contributed by atoms with Crippen LogP contribution in [0.25, 0.3) is 0 Å². The highest BCUT2D eigenvalue weighted by molar-refractivity contribution is 7.92. The molecule has 7 heteroatoms. The van der Waals surface area contributed by atoms with Crippen molar-refractivity contribution in [1.29, 1.82) is 0 Å². The summed E-state index contributed by atoms with van der Waals surface area (Å²) >= 11 is 0. The number of hydrogen-bond donors (Lipinski definition) is 2. The number of hydrogen-bond acceptors (Lipinski definition) is 4. The first kappa shape index (κ1) is 20.9. The maximum absolute atomic E-state index is 12.7. The number of rotatable bonds is 8. The smallest absolute Gasteiger partial charge is 0.261 e. The van der Waals surface area contributed by atoms with Gasteiger partial charge in [-0.1, -0.05) is 23.8 Å². The Balaban J connectivity index is 2.22. The second-order valence-electron chi connectivity index (χ2n) is 6.60. The lowest BCUT2D eigenvalue weighted by Gasteiger charge is -2.15. The summed E-state index contributed by atoms with van der Waals surface area (Å²) in [6.45, 7) is 6.12. The summed E-state index contributed by atoms with van der Waals surface area (Å²) in [7, 11) is -2.19. The van der Waals surface area contributed by atoms with E-state index in [-0.39, 0.29) is 16.8 Å². The molecule has 27 heavy (non-hydrogen) atoms. The van der Waals surface area contributed by atoms with E-state index in [1.807, 2.05) is 26.0 Å². The summed E-state index contributed by atoms with van der Waals surface area (Å²) in [6, 6.07) is 11.5. The fraction of sp³-hybridized carbons (Fsp3) is 0.350. The molecular weight excluding hydrogens is 364 g/mol. The lowest BCUT2D eigenvalue weighted by atomic mass is 10.1. The molecule has 0 aliphatic rings. The van der Waals surface area contributed by atoms with Crippen LogP contribution >= 0.6 is 0 Å². The largest absolute Gasteiger partial charge is 0.385 e. The van der Waals surface area contributed by atoms with Crippen molar-refractivity contribution in [3.63, 3.8) is 0 Å². The topological polar surface area (TPSA) is 84.5 Å². The van der Waals surface area contributed by atoms with Gasteiger partial charge in [0.1, 0.15) is 0 Å². The van der Waals surface area contributed by atoms with Crippen LogP contribution in [-0.2, 0) is 14.8 Å². The van der Waals surface area contributed by atoms with Gasteiger partial charge in [0.15, 0.2) is 0 Å². The molecule has 0 aliphatic heterocycles. The molecule has 0 saturated heterocycles. The number of carbonyl (C=O) groups excluding carboxylic acids is 1. The molecule has 0 bridgehead atoms. The molecule has 1 unspecified atom stereocenters.